The number of aromatic nitrogens is 1. The van der Waals surface area contributed by atoms with Gasteiger partial charge in [0.05, 0.1) is 9.92 Å². The first-order chi connectivity index (χ1) is 9.65. The lowest BCUT2D eigenvalue weighted by Gasteiger charge is -2.12. The number of nitrogens with two attached hydrogens (primary N) is 1. The number of nitrogens with one attached hydrogen (secondary N) is 1. The Balaban J connectivity index is 2.02. The fraction of sp³-hybridized carbons (Fsp3) is 0.125. The van der Waals surface area contributed by atoms with Crippen molar-refractivity contribution in [3.63, 3.8) is 0 Å². The summed E-state index contributed by atoms with van der Waals surface area (Å²) in [5, 5.41) is 2.03. The molecule has 1 atom stereocenters. The molecule has 0 fully saturated rings. The van der Waals surface area contributed by atoms with E-state index >= 15 is 0 Å². The van der Waals surface area contributed by atoms with Gasteiger partial charge in [-0.25, -0.2) is 4.39 Å². The standard InChI is InChI=1S/C16H15FN2S/c1-10(18)12-6-4-7-13(17)16(12)20-15-9-11-5-2-3-8-14(11)19-15/h2-10,19H,18H2,1H3/t10-/m1/s1. The molecule has 2 nitrogen and oxygen atoms in total. The molecule has 3 aromatic rings. The smallest absolute Gasteiger partial charge is 0.137 e. The summed E-state index contributed by atoms with van der Waals surface area (Å²) >= 11 is 1.38. The number of benzene rings is 2. The van der Waals surface area contributed by atoms with Crippen molar-refractivity contribution < 1.29 is 4.39 Å². The Kier molecular flexibility index (Phi) is 3.51. The van der Waals surface area contributed by atoms with E-state index < -0.39 is 0 Å². The molecule has 1 aromatic heterocycles. The lowest BCUT2D eigenvalue weighted by Crippen LogP contribution is -2.07. The van der Waals surface area contributed by atoms with E-state index in [1.807, 2.05) is 43.3 Å². The second kappa shape index (κ2) is 5.31. The van der Waals surface area contributed by atoms with Gasteiger partial charge in [0.15, 0.2) is 0 Å². The van der Waals surface area contributed by atoms with Gasteiger partial charge in [0.25, 0.3) is 0 Å². The zero-order valence-electron chi connectivity index (χ0n) is 11.1. The summed E-state index contributed by atoms with van der Waals surface area (Å²) in [5.74, 6) is -0.233. The molecule has 0 spiro atoms. The fourth-order valence-electron chi connectivity index (χ4n) is 2.20. The van der Waals surface area contributed by atoms with Crippen molar-refractivity contribution in [2.24, 2.45) is 5.73 Å². The van der Waals surface area contributed by atoms with E-state index in [0.29, 0.717) is 4.90 Å². The Bertz CT molecular complexity index is 716. The van der Waals surface area contributed by atoms with Crippen LogP contribution >= 0.6 is 11.8 Å². The van der Waals surface area contributed by atoms with Crippen LogP contribution in [-0.2, 0) is 0 Å². The number of hydrogen-bond donors (Lipinski definition) is 2. The van der Waals surface area contributed by atoms with E-state index in [1.165, 1.54) is 17.8 Å². The van der Waals surface area contributed by atoms with E-state index in [9.17, 15) is 4.39 Å². The third-order valence-corrected chi connectivity index (χ3v) is 4.28. The minimum atomic E-state index is -0.233. The molecule has 0 aliphatic heterocycles. The monoisotopic (exact) mass is 286 g/mol. The number of para-hydroxylation sites is 1. The lowest BCUT2D eigenvalue weighted by molar-refractivity contribution is 0.591. The van der Waals surface area contributed by atoms with E-state index in [2.05, 4.69) is 4.98 Å². The molecule has 1 heterocycles. The van der Waals surface area contributed by atoms with E-state index in [1.54, 1.807) is 6.07 Å². The van der Waals surface area contributed by atoms with Gasteiger partial charge in [-0.05, 0) is 30.7 Å². The summed E-state index contributed by atoms with van der Waals surface area (Å²) in [4.78, 5) is 3.88. The molecule has 0 bridgehead atoms. The van der Waals surface area contributed by atoms with Crippen molar-refractivity contribution in [1.82, 2.24) is 4.98 Å². The number of halogens is 1. The maximum atomic E-state index is 14.1. The topological polar surface area (TPSA) is 41.8 Å². The molecule has 20 heavy (non-hydrogen) atoms. The van der Waals surface area contributed by atoms with E-state index in [-0.39, 0.29) is 11.9 Å². The van der Waals surface area contributed by atoms with Gasteiger partial charge in [0.1, 0.15) is 5.82 Å². The maximum absolute atomic E-state index is 14.1. The minimum absolute atomic E-state index is 0.197. The molecule has 0 radical (unpaired) electrons. The van der Waals surface area contributed by atoms with Crippen LogP contribution in [0, 0.1) is 5.82 Å². The highest BCUT2D eigenvalue weighted by Gasteiger charge is 2.14. The average Bonchev–Trinajstić information content (AvgIpc) is 2.83. The average molecular weight is 286 g/mol. The molecule has 0 saturated carbocycles. The second-order valence-electron chi connectivity index (χ2n) is 4.77. The largest absolute Gasteiger partial charge is 0.349 e. The Labute approximate surface area is 121 Å². The fourth-order valence-corrected chi connectivity index (χ4v) is 3.31. The van der Waals surface area contributed by atoms with Crippen molar-refractivity contribution >= 4 is 22.7 Å². The molecule has 102 valence electrons. The number of fused-ring (bicyclic) bond motifs is 1. The summed E-state index contributed by atoms with van der Waals surface area (Å²) in [6, 6.07) is 14.9. The Morgan fingerprint density at radius 3 is 2.70 bits per heavy atom. The molecule has 3 rings (SSSR count). The molecule has 3 N–H and O–H groups in total. The first kappa shape index (κ1) is 13.2. The Hall–Kier alpha value is -1.78. The summed E-state index contributed by atoms with van der Waals surface area (Å²) in [6.45, 7) is 1.87. The number of H-pyrrole nitrogens is 1. The lowest BCUT2D eigenvalue weighted by atomic mass is 10.1. The Morgan fingerprint density at radius 2 is 1.95 bits per heavy atom. The zero-order chi connectivity index (χ0) is 14.1. The zero-order valence-corrected chi connectivity index (χ0v) is 11.9. The molecular formula is C16H15FN2S. The predicted molar refractivity (Wildman–Crippen MR) is 81.4 cm³/mol. The highest BCUT2D eigenvalue weighted by molar-refractivity contribution is 7.99. The van der Waals surface area contributed by atoms with E-state index in [4.69, 9.17) is 5.73 Å². The number of aromatic amines is 1. The molecule has 0 unspecified atom stereocenters. The SMILES string of the molecule is C[C@@H](N)c1cccc(F)c1Sc1cc2ccccc2[nH]1. The first-order valence-corrected chi connectivity index (χ1v) is 7.26. The number of hydrogen-bond acceptors (Lipinski definition) is 2. The molecule has 0 amide bonds. The van der Waals surface area contributed by atoms with Crippen LogP contribution in [0.1, 0.15) is 18.5 Å². The van der Waals surface area contributed by atoms with Crippen LogP contribution in [0.4, 0.5) is 4.39 Å². The van der Waals surface area contributed by atoms with Gasteiger partial charge < -0.3 is 10.7 Å². The Morgan fingerprint density at radius 1 is 1.15 bits per heavy atom. The minimum Gasteiger partial charge on any atom is -0.349 e. The van der Waals surface area contributed by atoms with Gasteiger partial charge in [-0.1, -0.05) is 42.1 Å². The van der Waals surface area contributed by atoms with Crippen molar-refractivity contribution in [2.45, 2.75) is 22.9 Å². The third-order valence-electron chi connectivity index (χ3n) is 3.21. The van der Waals surface area contributed by atoms with Crippen molar-refractivity contribution in [2.75, 3.05) is 0 Å². The van der Waals surface area contributed by atoms with Crippen LogP contribution in [0.3, 0.4) is 0 Å². The second-order valence-corrected chi connectivity index (χ2v) is 5.82. The van der Waals surface area contributed by atoms with Crippen LogP contribution in [-0.4, -0.2) is 4.98 Å². The van der Waals surface area contributed by atoms with Gasteiger partial charge in [0.2, 0.25) is 0 Å². The van der Waals surface area contributed by atoms with Gasteiger partial charge >= 0.3 is 0 Å². The van der Waals surface area contributed by atoms with Gasteiger partial charge in [-0.3, -0.25) is 0 Å². The summed E-state index contributed by atoms with van der Waals surface area (Å²) in [7, 11) is 0. The normalized spacial score (nSPS) is 12.8. The highest BCUT2D eigenvalue weighted by atomic mass is 32.2. The van der Waals surface area contributed by atoms with Gasteiger partial charge in [-0.2, -0.15) is 0 Å². The molecule has 0 aliphatic rings. The molecular weight excluding hydrogens is 271 g/mol. The van der Waals surface area contributed by atoms with Crippen molar-refractivity contribution in [1.29, 1.82) is 0 Å². The predicted octanol–water partition coefficient (Wildman–Crippen LogP) is 4.48. The van der Waals surface area contributed by atoms with Gasteiger partial charge in [-0.15, -0.1) is 0 Å². The number of rotatable bonds is 3. The van der Waals surface area contributed by atoms with Crippen molar-refractivity contribution in [3.8, 4) is 0 Å². The summed E-state index contributed by atoms with van der Waals surface area (Å²) in [6.07, 6.45) is 0. The first-order valence-electron chi connectivity index (χ1n) is 6.45. The molecule has 4 heteroatoms. The highest BCUT2D eigenvalue weighted by Crippen LogP contribution is 2.35. The van der Waals surface area contributed by atoms with Crippen LogP contribution in [0.15, 0.2) is 58.5 Å². The van der Waals surface area contributed by atoms with Crippen LogP contribution in [0.5, 0.6) is 0 Å². The van der Waals surface area contributed by atoms with Gasteiger partial charge in [0, 0.05) is 16.9 Å². The quantitative estimate of drug-likeness (QED) is 0.745. The third kappa shape index (κ3) is 2.44. The molecule has 0 saturated heterocycles. The molecule has 2 aromatic carbocycles. The summed E-state index contributed by atoms with van der Waals surface area (Å²) < 4.78 is 14.1. The summed E-state index contributed by atoms with van der Waals surface area (Å²) in [5.41, 5.74) is 7.80. The van der Waals surface area contributed by atoms with Crippen LogP contribution < -0.4 is 5.73 Å². The van der Waals surface area contributed by atoms with E-state index in [0.717, 1.165) is 21.5 Å². The van der Waals surface area contributed by atoms with Crippen LogP contribution in [0.2, 0.25) is 0 Å². The van der Waals surface area contributed by atoms with Crippen molar-refractivity contribution in [3.05, 3.63) is 59.9 Å². The van der Waals surface area contributed by atoms with Crippen LogP contribution in [0.25, 0.3) is 10.9 Å². The maximum Gasteiger partial charge on any atom is 0.137 e. The molecule has 0 aliphatic carbocycles.